The van der Waals surface area contributed by atoms with Crippen molar-refractivity contribution in [2.24, 2.45) is 0 Å². The molecule has 2 aromatic heterocycles. The molecule has 194 valence electrons. The normalized spacial score (nSPS) is 16.2. The molecule has 7 nitrogen and oxygen atoms in total. The summed E-state index contributed by atoms with van der Waals surface area (Å²) < 4.78 is 30.0. The number of carbonyl (C=O) groups is 1. The van der Waals surface area contributed by atoms with Crippen LogP contribution in [-0.4, -0.2) is 66.3 Å². The maximum Gasteiger partial charge on any atom is 0.237 e. The van der Waals surface area contributed by atoms with Crippen LogP contribution in [0, 0.1) is 5.82 Å². The van der Waals surface area contributed by atoms with E-state index in [4.69, 9.17) is 13.9 Å². The van der Waals surface area contributed by atoms with Gasteiger partial charge in [-0.05, 0) is 72.8 Å². The standard InChI is InChI=1S/C27H33FN2O5S/c1-2-11-29(15-21(31)17-33-18-23-4-3-13-34-23)16-27(32)30-12-9-26-24(10-14-36-26)25(30)19-35-22-7-5-20(28)6-8-22/h3-8,10,13-14,21,25,31H,2,9,11-12,15-19H2,1H3/t21-,25+/m0/s1. The van der Waals surface area contributed by atoms with Gasteiger partial charge in [-0.25, -0.2) is 4.39 Å². The minimum absolute atomic E-state index is 0.00305. The van der Waals surface area contributed by atoms with E-state index in [-0.39, 0.29) is 37.5 Å². The van der Waals surface area contributed by atoms with Gasteiger partial charge in [0.1, 0.15) is 30.5 Å². The summed E-state index contributed by atoms with van der Waals surface area (Å²) in [5.74, 6) is 0.948. The molecule has 3 heterocycles. The monoisotopic (exact) mass is 516 g/mol. The number of thiophene rings is 1. The van der Waals surface area contributed by atoms with Crippen LogP contribution in [-0.2, 0) is 22.6 Å². The topological polar surface area (TPSA) is 75.4 Å². The Bertz CT molecular complexity index is 1070. The van der Waals surface area contributed by atoms with Crippen molar-refractivity contribution in [3.63, 3.8) is 0 Å². The maximum absolute atomic E-state index is 13.5. The maximum atomic E-state index is 13.5. The van der Waals surface area contributed by atoms with Gasteiger partial charge in [-0.3, -0.25) is 9.69 Å². The number of hydrogen-bond donors (Lipinski definition) is 1. The zero-order chi connectivity index (χ0) is 25.3. The van der Waals surface area contributed by atoms with Gasteiger partial charge >= 0.3 is 0 Å². The summed E-state index contributed by atoms with van der Waals surface area (Å²) in [4.78, 5) is 18.6. The van der Waals surface area contributed by atoms with Gasteiger partial charge in [0.05, 0.1) is 31.6 Å². The summed E-state index contributed by atoms with van der Waals surface area (Å²) in [6.07, 6.45) is 2.53. The Morgan fingerprint density at radius 2 is 2.14 bits per heavy atom. The second-order valence-electron chi connectivity index (χ2n) is 8.90. The van der Waals surface area contributed by atoms with Crippen molar-refractivity contribution in [2.45, 2.75) is 38.5 Å². The first-order valence-electron chi connectivity index (χ1n) is 12.3. The number of fused-ring (bicyclic) bond motifs is 1. The van der Waals surface area contributed by atoms with E-state index in [1.165, 1.54) is 17.0 Å². The van der Waals surface area contributed by atoms with Crippen LogP contribution in [0.4, 0.5) is 4.39 Å². The lowest BCUT2D eigenvalue weighted by molar-refractivity contribution is -0.136. The summed E-state index contributed by atoms with van der Waals surface area (Å²) in [7, 11) is 0. The minimum atomic E-state index is -0.721. The highest BCUT2D eigenvalue weighted by Crippen LogP contribution is 2.34. The lowest BCUT2D eigenvalue weighted by atomic mass is 10.0. The molecule has 3 aromatic rings. The van der Waals surface area contributed by atoms with E-state index >= 15 is 0 Å². The van der Waals surface area contributed by atoms with Crippen molar-refractivity contribution in [3.05, 3.63) is 76.1 Å². The first-order chi connectivity index (χ1) is 17.5. The third-order valence-electron chi connectivity index (χ3n) is 6.14. The zero-order valence-corrected chi connectivity index (χ0v) is 21.3. The third-order valence-corrected chi connectivity index (χ3v) is 7.14. The van der Waals surface area contributed by atoms with Crippen molar-refractivity contribution >= 4 is 17.2 Å². The lowest BCUT2D eigenvalue weighted by Gasteiger charge is -2.37. The first kappa shape index (κ1) is 26.3. The van der Waals surface area contributed by atoms with Crippen molar-refractivity contribution in [1.82, 2.24) is 9.80 Å². The highest BCUT2D eigenvalue weighted by atomic mass is 32.1. The molecule has 0 aliphatic carbocycles. The fourth-order valence-corrected chi connectivity index (χ4v) is 5.38. The Kier molecular flexibility index (Phi) is 9.52. The highest BCUT2D eigenvalue weighted by Gasteiger charge is 2.33. The van der Waals surface area contributed by atoms with E-state index in [0.717, 1.165) is 18.4 Å². The van der Waals surface area contributed by atoms with E-state index in [9.17, 15) is 14.3 Å². The number of hydrogen-bond acceptors (Lipinski definition) is 7. The molecule has 1 aliphatic rings. The van der Waals surface area contributed by atoms with Crippen LogP contribution in [0.1, 0.15) is 35.6 Å². The summed E-state index contributed by atoms with van der Waals surface area (Å²) in [5, 5.41) is 12.6. The van der Waals surface area contributed by atoms with Crippen LogP contribution in [0.3, 0.4) is 0 Å². The van der Waals surface area contributed by atoms with Crippen molar-refractivity contribution in [2.75, 3.05) is 39.4 Å². The largest absolute Gasteiger partial charge is 0.491 e. The SMILES string of the molecule is CCCN(CC(=O)N1CCc2sccc2[C@H]1COc1ccc(F)cc1)C[C@H](O)COCc1ccco1. The van der Waals surface area contributed by atoms with Gasteiger partial charge in [-0.1, -0.05) is 6.92 Å². The van der Waals surface area contributed by atoms with Gasteiger partial charge in [0.25, 0.3) is 0 Å². The van der Waals surface area contributed by atoms with Gasteiger partial charge in [-0.15, -0.1) is 11.3 Å². The Labute approximate surface area is 215 Å². The predicted molar refractivity (Wildman–Crippen MR) is 135 cm³/mol. The zero-order valence-electron chi connectivity index (χ0n) is 20.5. The number of amides is 1. The molecule has 1 aromatic carbocycles. The molecule has 2 atom stereocenters. The Morgan fingerprint density at radius 3 is 2.89 bits per heavy atom. The molecule has 4 rings (SSSR count). The average Bonchev–Trinajstić information content (AvgIpc) is 3.56. The van der Waals surface area contributed by atoms with E-state index in [2.05, 4.69) is 13.0 Å². The van der Waals surface area contributed by atoms with Crippen LogP contribution in [0.15, 0.2) is 58.5 Å². The van der Waals surface area contributed by atoms with Gasteiger partial charge < -0.3 is 23.9 Å². The van der Waals surface area contributed by atoms with Crippen molar-refractivity contribution < 1.29 is 28.2 Å². The van der Waals surface area contributed by atoms with Crippen molar-refractivity contribution in [3.8, 4) is 5.75 Å². The number of furan rings is 1. The van der Waals surface area contributed by atoms with Crippen LogP contribution >= 0.6 is 11.3 Å². The molecular formula is C27H33FN2O5S. The number of rotatable bonds is 13. The third kappa shape index (κ3) is 7.16. The lowest BCUT2D eigenvalue weighted by Crippen LogP contribution is -2.48. The van der Waals surface area contributed by atoms with E-state index in [1.807, 2.05) is 21.2 Å². The molecule has 0 radical (unpaired) electrons. The number of carbonyl (C=O) groups excluding carboxylic acids is 1. The predicted octanol–water partition coefficient (Wildman–Crippen LogP) is 4.27. The molecule has 0 saturated carbocycles. The number of benzene rings is 1. The van der Waals surface area contributed by atoms with Crippen LogP contribution in [0.25, 0.3) is 0 Å². The summed E-state index contributed by atoms with van der Waals surface area (Å²) in [5.41, 5.74) is 1.11. The molecule has 1 aliphatic heterocycles. The van der Waals surface area contributed by atoms with E-state index < -0.39 is 6.10 Å². The minimum Gasteiger partial charge on any atom is -0.491 e. The summed E-state index contributed by atoms with van der Waals surface area (Å²) in [6, 6.07) is 11.4. The summed E-state index contributed by atoms with van der Waals surface area (Å²) in [6.45, 7) is 4.64. The molecule has 36 heavy (non-hydrogen) atoms. The van der Waals surface area contributed by atoms with Gasteiger partial charge in [0.15, 0.2) is 0 Å². The Hall–Kier alpha value is -2.72. The Balaban J connectivity index is 1.36. The van der Waals surface area contributed by atoms with Crippen LogP contribution < -0.4 is 4.74 Å². The molecule has 1 amide bonds. The molecule has 0 saturated heterocycles. The Morgan fingerprint density at radius 1 is 1.31 bits per heavy atom. The smallest absolute Gasteiger partial charge is 0.237 e. The fraction of sp³-hybridized carbons (Fsp3) is 0.444. The second kappa shape index (κ2) is 13.0. The van der Waals surface area contributed by atoms with Crippen molar-refractivity contribution in [1.29, 1.82) is 0 Å². The molecule has 0 spiro atoms. The molecule has 1 N–H and O–H groups in total. The number of halogens is 1. The number of aliphatic hydroxyl groups excluding tert-OH is 1. The highest BCUT2D eigenvalue weighted by molar-refractivity contribution is 7.10. The molecule has 0 unspecified atom stereocenters. The first-order valence-corrected chi connectivity index (χ1v) is 13.2. The van der Waals surface area contributed by atoms with Gasteiger partial charge in [0, 0.05) is 18.0 Å². The summed E-state index contributed by atoms with van der Waals surface area (Å²) >= 11 is 1.70. The average molecular weight is 517 g/mol. The van der Waals surface area contributed by atoms with E-state index in [0.29, 0.717) is 37.8 Å². The van der Waals surface area contributed by atoms with Crippen LogP contribution in [0.5, 0.6) is 5.75 Å². The number of aliphatic hydroxyl groups is 1. The molecule has 9 heteroatoms. The van der Waals surface area contributed by atoms with Gasteiger partial charge in [0.2, 0.25) is 5.91 Å². The number of nitrogens with zero attached hydrogens (tertiary/aromatic N) is 2. The van der Waals surface area contributed by atoms with Crippen LogP contribution in [0.2, 0.25) is 0 Å². The fourth-order valence-electron chi connectivity index (χ4n) is 4.45. The van der Waals surface area contributed by atoms with E-state index in [1.54, 1.807) is 35.8 Å². The van der Waals surface area contributed by atoms with Gasteiger partial charge in [-0.2, -0.15) is 0 Å². The molecule has 0 fully saturated rings. The number of ether oxygens (including phenoxy) is 2. The quantitative estimate of drug-likeness (QED) is 0.366. The second-order valence-corrected chi connectivity index (χ2v) is 9.90. The molecular weight excluding hydrogens is 483 g/mol. The molecule has 0 bridgehead atoms.